The Morgan fingerprint density at radius 1 is 1.14 bits per heavy atom. The fraction of sp³-hybridized carbons (Fsp3) is 0.286. The zero-order chi connectivity index (χ0) is 15.8. The molecule has 0 N–H and O–H groups in total. The molecule has 0 saturated carbocycles. The van der Waals surface area contributed by atoms with E-state index in [0.717, 1.165) is 21.3 Å². The molecule has 0 aliphatic carbocycles. The van der Waals surface area contributed by atoms with E-state index in [4.69, 9.17) is 0 Å². The minimum atomic E-state index is -4.49. The van der Waals surface area contributed by atoms with Crippen molar-refractivity contribution < 1.29 is 13.2 Å². The van der Waals surface area contributed by atoms with Gasteiger partial charge in [0.2, 0.25) is 0 Å². The number of nitrogens with zero attached hydrogens (tertiary/aromatic N) is 2. The minimum Gasteiger partial charge on any atom is -0.269 e. The maximum Gasteiger partial charge on any atom is 0.416 e. The van der Waals surface area contributed by atoms with Crippen molar-refractivity contribution in [2.45, 2.75) is 26.6 Å². The second-order valence-electron chi connectivity index (χ2n) is 4.53. The van der Waals surface area contributed by atoms with Gasteiger partial charge in [-0.2, -0.15) is 13.2 Å². The van der Waals surface area contributed by atoms with Crippen molar-refractivity contribution in [2.24, 2.45) is 0 Å². The predicted molar refractivity (Wildman–Crippen MR) is 71.7 cm³/mol. The van der Waals surface area contributed by atoms with E-state index in [1.165, 1.54) is 25.1 Å². The van der Waals surface area contributed by atoms with Crippen molar-refractivity contribution in [3.05, 3.63) is 62.4 Å². The van der Waals surface area contributed by atoms with Crippen LogP contribution < -0.4 is 11.2 Å². The topological polar surface area (TPSA) is 44.0 Å². The predicted octanol–water partition coefficient (Wildman–Crippen LogP) is 2.35. The lowest BCUT2D eigenvalue weighted by molar-refractivity contribution is -0.137. The van der Waals surface area contributed by atoms with Crippen molar-refractivity contribution in [1.29, 1.82) is 0 Å². The monoisotopic (exact) mass is 298 g/mol. The third kappa shape index (κ3) is 2.76. The summed E-state index contributed by atoms with van der Waals surface area (Å²) in [6.45, 7) is 3.27. The third-order valence-corrected chi connectivity index (χ3v) is 3.12. The first kappa shape index (κ1) is 15.1. The first-order valence-electron chi connectivity index (χ1n) is 6.27. The fourth-order valence-electron chi connectivity index (χ4n) is 2.11. The molecule has 0 unspecified atom stereocenters. The number of aromatic nitrogens is 2. The Morgan fingerprint density at radius 3 is 2.38 bits per heavy atom. The van der Waals surface area contributed by atoms with E-state index in [-0.39, 0.29) is 17.9 Å². The summed E-state index contributed by atoms with van der Waals surface area (Å²) in [7, 11) is 0. The summed E-state index contributed by atoms with van der Waals surface area (Å²) in [5.74, 6) is 0. The number of benzene rings is 1. The highest BCUT2D eigenvalue weighted by Crippen LogP contribution is 2.30. The van der Waals surface area contributed by atoms with Gasteiger partial charge in [0.15, 0.2) is 0 Å². The SMILES string of the molecule is CCn1c(=O)cc(C)n(-c2cccc(C(F)(F)F)c2)c1=O. The summed E-state index contributed by atoms with van der Waals surface area (Å²) in [6.07, 6.45) is -4.49. The lowest BCUT2D eigenvalue weighted by Crippen LogP contribution is -2.39. The Bertz CT molecular complexity index is 788. The lowest BCUT2D eigenvalue weighted by atomic mass is 10.2. The highest BCUT2D eigenvalue weighted by molar-refractivity contribution is 5.38. The third-order valence-electron chi connectivity index (χ3n) is 3.12. The Kier molecular flexibility index (Phi) is 3.76. The van der Waals surface area contributed by atoms with Crippen LogP contribution in [0, 0.1) is 6.92 Å². The zero-order valence-corrected chi connectivity index (χ0v) is 11.4. The number of halogens is 3. The molecule has 0 radical (unpaired) electrons. The Balaban J connectivity index is 2.74. The summed E-state index contributed by atoms with van der Waals surface area (Å²) >= 11 is 0. The average molecular weight is 298 g/mol. The summed E-state index contributed by atoms with van der Waals surface area (Å²) < 4.78 is 40.3. The normalized spacial score (nSPS) is 11.7. The molecule has 4 nitrogen and oxygen atoms in total. The molecule has 0 spiro atoms. The van der Waals surface area contributed by atoms with Crippen LogP contribution in [0.5, 0.6) is 0 Å². The molecular weight excluding hydrogens is 285 g/mol. The largest absolute Gasteiger partial charge is 0.416 e. The van der Waals surface area contributed by atoms with Crippen molar-refractivity contribution in [1.82, 2.24) is 9.13 Å². The van der Waals surface area contributed by atoms with Crippen LogP contribution in [0.25, 0.3) is 5.69 Å². The van der Waals surface area contributed by atoms with Crippen LogP contribution in [0.4, 0.5) is 13.2 Å². The van der Waals surface area contributed by atoms with Gasteiger partial charge >= 0.3 is 11.9 Å². The van der Waals surface area contributed by atoms with Crippen LogP contribution in [0.2, 0.25) is 0 Å². The molecule has 1 aromatic heterocycles. The quantitative estimate of drug-likeness (QED) is 0.854. The number of hydrogen-bond acceptors (Lipinski definition) is 2. The molecule has 112 valence electrons. The highest BCUT2D eigenvalue weighted by Gasteiger charge is 2.30. The lowest BCUT2D eigenvalue weighted by Gasteiger charge is -2.14. The molecule has 7 heteroatoms. The molecule has 0 amide bonds. The van der Waals surface area contributed by atoms with E-state index in [1.54, 1.807) is 6.92 Å². The molecule has 1 heterocycles. The van der Waals surface area contributed by atoms with Crippen molar-refractivity contribution in [2.75, 3.05) is 0 Å². The van der Waals surface area contributed by atoms with Gasteiger partial charge in [0.1, 0.15) is 0 Å². The van der Waals surface area contributed by atoms with E-state index >= 15 is 0 Å². The summed E-state index contributed by atoms with van der Waals surface area (Å²) in [6, 6.07) is 5.67. The van der Waals surface area contributed by atoms with E-state index < -0.39 is 23.0 Å². The average Bonchev–Trinajstić information content (AvgIpc) is 2.38. The standard InChI is InChI=1S/C14H13F3N2O2/c1-3-18-12(20)7-9(2)19(13(18)21)11-6-4-5-10(8-11)14(15,16)17/h4-8H,3H2,1-2H3. The maximum atomic E-state index is 12.8. The van der Waals surface area contributed by atoms with Gasteiger partial charge in [0, 0.05) is 18.3 Å². The second-order valence-corrected chi connectivity index (χ2v) is 4.53. The summed E-state index contributed by atoms with van der Waals surface area (Å²) in [5.41, 5.74) is -1.60. The number of rotatable bonds is 2. The number of alkyl halides is 3. The number of hydrogen-bond donors (Lipinski definition) is 0. The van der Waals surface area contributed by atoms with E-state index in [9.17, 15) is 22.8 Å². The van der Waals surface area contributed by atoms with Gasteiger partial charge in [-0.25, -0.2) is 4.79 Å². The van der Waals surface area contributed by atoms with Crippen LogP contribution in [-0.2, 0) is 12.7 Å². The summed E-state index contributed by atoms with van der Waals surface area (Å²) in [4.78, 5) is 23.9. The van der Waals surface area contributed by atoms with E-state index in [2.05, 4.69) is 0 Å². The number of aryl methyl sites for hydroxylation is 1. The molecule has 2 rings (SSSR count). The maximum absolute atomic E-state index is 12.8. The second kappa shape index (κ2) is 5.23. The molecule has 1 aromatic carbocycles. The molecule has 0 aliphatic rings. The van der Waals surface area contributed by atoms with Gasteiger partial charge in [0.25, 0.3) is 5.56 Å². The van der Waals surface area contributed by atoms with Crippen LogP contribution >= 0.6 is 0 Å². The highest BCUT2D eigenvalue weighted by atomic mass is 19.4. The first-order chi connectivity index (χ1) is 9.75. The molecule has 0 fully saturated rings. The molecule has 2 aromatic rings. The van der Waals surface area contributed by atoms with Crippen LogP contribution in [0.3, 0.4) is 0 Å². The van der Waals surface area contributed by atoms with Gasteiger partial charge in [-0.05, 0) is 32.0 Å². The van der Waals surface area contributed by atoms with Gasteiger partial charge in [-0.1, -0.05) is 6.07 Å². The Morgan fingerprint density at radius 2 is 1.81 bits per heavy atom. The van der Waals surface area contributed by atoms with Gasteiger partial charge < -0.3 is 0 Å². The van der Waals surface area contributed by atoms with Gasteiger partial charge in [-0.3, -0.25) is 13.9 Å². The van der Waals surface area contributed by atoms with E-state index in [0.29, 0.717) is 0 Å². The van der Waals surface area contributed by atoms with Crippen LogP contribution in [-0.4, -0.2) is 9.13 Å². The molecule has 0 saturated heterocycles. The van der Waals surface area contributed by atoms with Crippen LogP contribution in [0.1, 0.15) is 18.2 Å². The fourth-order valence-corrected chi connectivity index (χ4v) is 2.11. The molecular formula is C14H13F3N2O2. The summed E-state index contributed by atoms with van der Waals surface area (Å²) in [5, 5.41) is 0. The van der Waals surface area contributed by atoms with Crippen LogP contribution in [0.15, 0.2) is 39.9 Å². The van der Waals surface area contributed by atoms with E-state index in [1.807, 2.05) is 0 Å². The first-order valence-corrected chi connectivity index (χ1v) is 6.27. The molecule has 0 atom stereocenters. The van der Waals surface area contributed by atoms with Crippen molar-refractivity contribution in [3.8, 4) is 5.69 Å². The molecule has 21 heavy (non-hydrogen) atoms. The van der Waals surface area contributed by atoms with Crippen molar-refractivity contribution in [3.63, 3.8) is 0 Å². The Hall–Kier alpha value is -2.31. The minimum absolute atomic E-state index is 0.0783. The van der Waals surface area contributed by atoms with Gasteiger partial charge in [0.05, 0.1) is 11.3 Å². The van der Waals surface area contributed by atoms with Crippen molar-refractivity contribution >= 4 is 0 Å². The zero-order valence-electron chi connectivity index (χ0n) is 11.4. The molecule has 0 aliphatic heterocycles. The van der Waals surface area contributed by atoms with Gasteiger partial charge in [-0.15, -0.1) is 0 Å². The smallest absolute Gasteiger partial charge is 0.269 e. The molecule has 0 bridgehead atoms. The Labute approximate surface area is 118 Å².